The molecule has 2 aliphatic rings. The van der Waals surface area contributed by atoms with Crippen molar-refractivity contribution in [1.82, 2.24) is 15.5 Å². The van der Waals surface area contributed by atoms with Gasteiger partial charge in [0.15, 0.2) is 5.82 Å². The van der Waals surface area contributed by atoms with Crippen LogP contribution in [0.3, 0.4) is 0 Å². The fourth-order valence-corrected chi connectivity index (χ4v) is 4.24. The van der Waals surface area contributed by atoms with E-state index in [-0.39, 0.29) is 23.7 Å². The second-order valence-corrected chi connectivity index (χ2v) is 7.78. The monoisotopic (exact) mass is 370 g/mol. The number of H-pyrrole nitrogens is 1. The summed E-state index contributed by atoms with van der Waals surface area (Å²) >= 11 is 0. The Morgan fingerprint density at radius 1 is 1.11 bits per heavy atom. The molecular weight excluding hydrogens is 343 g/mol. The van der Waals surface area contributed by atoms with Gasteiger partial charge in [0.1, 0.15) is 5.82 Å². The first-order valence-corrected chi connectivity index (χ1v) is 10.1. The summed E-state index contributed by atoms with van der Waals surface area (Å²) in [4.78, 5) is 14.8. The minimum atomic E-state index is -0.244. The molecule has 144 valence electrons. The van der Waals surface area contributed by atoms with Crippen molar-refractivity contribution in [2.24, 2.45) is 5.92 Å². The Morgan fingerprint density at radius 3 is 2.67 bits per heavy atom. The zero-order chi connectivity index (χ0) is 18.6. The highest BCUT2D eigenvalue weighted by atomic mass is 19.1. The van der Waals surface area contributed by atoms with Crippen molar-refractivity contribution in [2.75, 3.05) is 18.0 Å². The maximum absolute atomic E-state index is 13.1. The molecule has 1 aromatic heterocycles. The van der Waals surface area contributed by atoms with Gasteiger partial charge in [-0.2, -0.15) is 5.10 Å². The maximum Gasteiger partial charge on any atom is 0.223 e. The summed E-state index contributed by atoms with van der Waals surface area (Å²) in [5.41, 5.74) is 1.78. The van der Waals surface area contributed by atoms with Crippen LogP contribution < -0.4 is 10.2 Å². The standard InChI is InChI=1S/C21H27FN4O/c22-17-10-8-15(9-11-17)19-13-20(25-24-19)26-12-4-7-18(14-26)23-21(27)16-5-2-1-3-6-16/h8-11,13,16,18H,1-7,12,14H2,(H,23,27)(H,24,25)/t18-/m0/s1. The molecular formula is C21H27FN4O. The molecule has 2 N–H and O–H groups in total. The third kappa shape index (κ3) is 4.31. The van der Waals surface area contributed by atoms with Gasteiger partial charge in [0.2, 0.25) is 5.91 Å². The molecule has 0 bridgehead atoms. The number of aromatic nitrogens is 2. The summed E-state index contributed by atoms with van der Waals surface area (Å²) in [6, 6.07) is 8.57. The highest BCUT2D eigenvalue weighted by Crippen LogP contribution is 2.26. The highest BCUT2D eigenvalue weighted by molar-refractivity contribution is 5.79. The lowest BCUT2D eigenvalue weighted by Gasteiger charge is -2.34. The maximum atomic E-state index is 13.1. The third-order valence-corrected chi connectivity index (χ3v) is 5.79. The Balaban J connectivity index is 1.38. The van der Waals surface area contributed by atoms with Gasteiger partial charge >= 0.3 is 0 Å². The van der Waals surface area contributed by atoms with Crippen molar-refractivity contribution in [3.8, 4) is 11.3 Å². The van der Waals surface area contributed by atoms with Crippen LogP contribution in [0.4, 0.5) is 10.2 Å². The van der Waals surface area contributed by atoms with E-state index in [9.17, 15) is 9.18 Å². The molecule has 1 saturated carbocycles. The zero-order valence-electron chi connectivity index (χ0n) is 15.6. The van der Waals surface area contributed by atoms with Gasteiger partial charge in [-0.1, -0.05) is 19.3 Å². The number of rotatable bonds is 4. The van der Waals surface area contributed by atoms with Crippen LogP contribution in [-0.4, -0.2) is 35.2 Å². The van der Waals surface area contributed by atoms with Crippen molar-refractivity contribution in [2.45, 2.75) is 51.0 Å². The van der Waals surface area contributed by atoms with E-state index in [1.54, 1.807) is 12.1 Å². The average molecular weight is 370 g/mol. The van der Waals surface area contributed by atoms with E-state index in [1.165, 1.54) is 31.4 Å². The Bertz CT molecular complexity index is 767. The molecule has 1 saturated heterocycles. The molecule has 6 heteroatoms. The molecule has 1 amide bonds. The van der Waals surface area contributed by atoms with Gasteiger partial charge in [0.05, 0.1) is 5.69 Å². The van der Waals surface area contributed by atoms with Gasteiger partial charge in [-0.05, 0) is 55.5 Å². The quantitative estimate of drug-likeness (QED) is 0.859. The van der Waals surface area contributed by atoms with Crippen LogP contribution in [0.2, 0.25) is 0 Å². The van der Waals surface area contributed by atoms with Crippen LogP contribution in [0.25, 0.3) is 11.3 Å². The van der Waals surface area contributed by atoms with E-state index in [0.29, 0.717) is 0 Å². The Morgan fingerprint density at radius 2 is 1.89 bits per heavy atom. The summed E-state index contributed by atoms with van der Waals surface area (Å²) in [5, 5.41) is 10.8. The molecule has 0 spiro atoms. The van der Waals surface area contributed by atoms with Crippen molar-refractivity contribution < 1.29 is 9.18 Å². The molecule has 2 fully saturated rings. The molecule has 1 atom stereocenters. The number of halogens is 1. The van der Waals surface area contributed by atoms with Gasteiger partial charge in [0, 0.05) is 31.1 Å². The summed E-state index contributed by atoms with van der Waals surface area (Å²) in [7, 11) is 0. The lowest BCUT2D eigenvalue weighted by atomic mass is 9.88. The highest BCUT2D eigenvalue weighted by Gasteiger charge is 2.27. The number of nitrogens with zero attached hydrogens (tertiary/aromatic N) is 2. The predicted molar refractivity (Wildman–Crippen MR) is 104 cm³/mol. The van der Waals surface area contributed by atoms with Crippen LogP contribution in [0, 0.1) is 11.7 Å². The number of carbonyl (C=O) groups excluding carboxylic acids is 1. The number of amides is 1. The largest absolute Gasteiger partial charge is 0.353 e. The first-order valence-electron chi connectivity index (χ1n) is 10.1. The molecule has 0 unspecified atom stereocenters. The fraction of sp³-hybridized carbons (Fsp3) is 0.524. The number of benzene rings is 1. The predicted octanol–water partition coefficient (Wildman–Crippen LogP) is 3.88. The van der Waals surface area contributed by atoms with Crippen LogP contribution in [-0.2, 0) is 4.79 Å². The Labute approximate surface area is 159 Å². The number of anilines is 1. The van der Waals surface area contributed by atoms with Crippen LogP contribution in [0.1, 0.15) is 44.9 Å². The molecule has 1 aliphatic carbocycles. The lowest BCUT2D eigenvalue weighted by Crippen LogP contribution is -2.49. The van der Waals surface area contributed by atoms with Gasteiger partial charge in [0.25, 0.3) is 0 Å². The van der Waals surface area contributed by atoms with E-state index < -0.39 is 0 Å². The van der Waals surface area contributed by atoms with E-state index in [1.807, 2.05) is 6.07 Å². The minimum Gasteiger partial charge on any atom is -0.353 e. The Hall–Kier alpha value is -2.37. The van der Waals surface area contributed by atoms with E-state index in [4.69, 9.17) is 0 Å². The number of hydrogen-bond acceptors (Lipinski definition) is 3. The van der Waals surface area contributed by atoms with Gasteiger partial charge in [-0.3, -0.25) is 9.89 Å². The average Bonchev–Trinajstić information content (AvgIpc) is 3.20. The lowest BCUT2D eigenvalue weighted by molar-refractivity contribution is -0.126. The second-order valence-electron chi connectivity index (χ2n) is 7.78. The zero-order valence-corrected chi connectivity index (χ0v) is 15.6. The second kappa shape index (κ2) is 8.11. The number of aromatic amines is 1. The fourth-order valence-electron chi connectivity index (χ4n) is 4.24. The SMILES string of the molecule is O=C(N[C@H]1CCCN(c2cc(-c3ccc(F)cc3)[nH]n2)C1)C1CCCCC1. The molecule has 1 aliphatic heterocycles. The minimum absolute atomic E-state index is 0.180. The molecule has 1 aromatic carbocycles. The molecule has 2 heterocycles. The smallest absolute Gasteiger partial charge is 0.223 e. The van der Waals surface area contributed by atoms with Crippen molar-refractivity contribution in [3.05, 3.63) is 36.1 Å². The number of nitrogens with one attached hydrogen (secondary N) is 2. The Kier molecular flexibility index (Phi) is 5.41. The third-order valence-electron chi connectivity index (χ3n) is 5.79. The molecule has 27 heavy (non-hydrogen) atoms. The molecule has 5 nitrogen and oxygen atoms in total. The first-order chi connectivity index (χ1) is 13.2. The molecule has 2 aromatic rings. The molecule has 0 radical (unpaired) electrons. The normalized spacial score (nSPS) is 21.2. The van der Waals surface area contributed by atoms with E-state index >= 15 is 0 Å². The van der Waals surface area contributed by atoms with Crippen molar-refractivity contribution >= 4 is 11.7 Å². The number of piperidine rings is 1. The molecule has 4 rings (SSSR count). The summed E-state index contributed by atoms with van der Waals surface area (Å²) in [5.74, 6) is 1.07. The number of carbonyl (C=O) groups is 1. The first kappa shape index (κ1) is 18.0. The van der Waals surface area contributed by atoms with Crippen LogP contribution in [0.5, 0.6) is 0 Å². The number of hydrogen-bond donors (Lipinski definition) is 2. The topological polar surface area (TPSA) is 61.0 Å². The van der Waals surface area contributed by atoms with Crippen molar-refractivity contribution in [1.29, 1.82) is 0 Å². The van der Waals surface area contributed by atoms with Gasteiger partial charge < -0.3 is 10.2 Å². The van der Waals surface area contributed by atoms with Crippen LogP contribution >= 0.6 is 0 Å². The summed E-state index contributed by atoms with van der Waals surface area (Å²) in [6.07, 6.45) is 7.73. The van der Waals surface area contributed by atoms with Gasteiger partial charge in [-0.15, -0.1) is 0 Å². The van der Waals surface area contributed by atoms with Crippen LogP contribution in [0.15, 0.2) is 30.3 Å². The van der Waals surface area contributed by atoms with Crippen molar-refractivity contribution in [3.63, 3.8) is 0 Å². The van der Waals surface area contributed by atoms with E-state index in [2.05, 4.69) is 20.4 Å². The van der Waals surface area contributed by atoms with Gasteiger partial charge in [-0.25, -0.2) is 4.39 Å². The van der Waals surface area contributed by atoms with E-state index in [0.717, 1.165) is 55.8 Å². The summed E-state index contributed by atoms with van der Waals surface area (Å²) < 4.78 is 13.1. The summed E-state index contributed by atoms with van der Waals surface area (Å²) in [6.45, 7) is 1.72.